The predicted molar refractivity (Wildman–Crippen MR) is 101 cm³/mol. The van der Waals surface area contributed by atoms with Gasteiger partial charge in [0.25, 0.3) is 5.91 Å². The Kier molecular flexibility index (Phi) is 5.93. The number of nitrogens with zero attached hydrogens (tertiary/aromatic N) is 3. The molecule has 1 amide bonds. The van der Waals surface area contributed by atoms with Crippen LogP contribution in [0.15, 0.2) is 0 Å². The molecule has 2 aromatic rings. The highest BCUT2D eigenvalue weighted by Crippen LogP contribution is 2.31. The summed E-state index contributed by atoms with van der Waals surface area (Å²) in [5.41, 5.74) is 1.92. The van der Waals surface area contributed by atoms with Gasteiger partial charge in [-0.25, -0.2) is 9.97 Å². The number of rotatable bonds is 6. The second-order valence-electron chi connectivity index (χ2n) is 6.77. The zero-order chi connectivity index (χ0) is 18.0. The van der Waals surface area contributed by atoms with Gasteiger partial charge in [-0.3, -0.25) is 9.69 Å². The number of aromatic nitrogens is 2. The van der Waals surface area contributed by atoms with Crippen LogP contribution in [0.4, 0.5) is 0 Å². The lowest BCUT2D eigenvalue weighted by molar-refractivity contribution is 0.0943. The summed E-state index contributed by atoms with van der Waals surface area (Å²) in [5, 5.41) is 4.07. The molecule has 0 bridgehead atoms. The highest BCUT2D eigenvalue weighted by atomic mass is 32.1. The van der Waals surface area contributed by atoms with E-state index in [1.807, 2.05) is 20.8 Å². The summed E-state index contributed by atoms with van der Waals surface area (Å²) in [6, 6.07) is 0.933. The number of fused-ring (bicyclic) bond motifs is 1. The molecule has 0 saturated heterocycles. The maximum Gasteiger partial charge on any atom is 0.261 e. The molecule has 0 saturated carbocycles. The summed E-state index contributed by atoms with van der Waals surface area (Å²) in [5.74, 6) is 0.734. The van der Waals surface area contributed by atoms with Gasteiger partial charge < -0.3 is 5.32 Å². The van der Waals surface area contributed by atoms with Gasteiger partial charge in [-0.15, -0.1) is 11.3 Å². The molecule has 0 aliphatic heterocycles. The van der Waals surface area contributed by atoms with E-state index < -0.39 is 0 Å². The first kappa shape index (κ1) is 18.8. The van der Waals surface area contributed by atoms with E-state index in [1.165, 1.54) is 11.3 Å². The Hall–Kier alpha value is -1.53. The summed E-state index contributed by atoms with van der Waals surface area (Å²) >= 11 is 1.46. The van der Waals surface area contributed by atoms with Crippen molar-refractivity contribution in [3.8, 4) is 0 Å². The summed E-state index contributed by atoms with van der Waals surface area (Å²) in [6.07, 6.45) is 0. The summed E-state index contributed by atoms with van der Waals surface area (Å²) < 4.78 is 0. The van der Waals surface area contributed by atoms with Crippen LogP contribution in [0.1, 0.15) is 54.4 Å². The second kappa shape index (κ2) is 7.57. The minimum atomic E-state index is -0.0139. The molecule has 0 aromatic carbocycles. The molecule has 24 heavy (non-hydrogen) atoms. The van der Waals surface area contributed by atoms with E-state index in [0.717, 1.165) is 38.7 Å². The third kappa shape index (κ3) is 3.92. The van der Waals surface area contributed by atoms with Crippen molar-refractivity contribution in [3.63, 3.8) is 0 Å². The van der Waals surface area contributed by atoms with Crippen LogP contribution in [0.3, 0.4) is 0 Å². The molecule has 1 N–H and O–H groups in total. The molecule has 132 valence electrons. The number of amides is 1. The fourth-order valence-electron chi connectivity index (χ4n) is 3.18. The number of carbonyl (C=O) groups is 1. The summed E-state index contributed by atoms with van der Waals surface area (Å²) in [4.78, 5) is 25.5. The topological polar surface area (TPSA) is 58.1 Å². The lowest BCUT2D eigenvalue weighted by Gasteiger charge is -2.30. The van der Waals surface area contributed by atoms with Gasteiger partial charge >= 0.3 is 0 Å². The van der Waals surface area contributed by atoms with Crippen molar-refractivity contribution in [3.05, 3.63) is 22.0 Å². The third-order valence-electron chi connectivity index (χ3n) is 4.27. The molecular weight excluding hydrogens is 320 g/mol. The lowest BCUT2D eigenvalue weighted by atomic mass is 10.1. The van der Waals surface area contributed by atoms with Crippen molar-refractivity contribution in [1.82, 2.24) is 20.2 Å². The molecule has 6 heteroatoms. The average molecular weight is 349 g/mol. The zero-order valence-electron chi connectivity index (χ0n) is 15.7. The molecule has 0 radical (unpaired) electrons. The van der Waals surface area contributed by atoms with E-state index in [-0.39, 0.29) is 5.91 Å². The molecule has 2 aromatic heterocycles. The Labute approximate surface area is 148 Å². The van der Waals surface area contributed by atoms with Crippen LogP contribution in [0.25, 0.3) is 10.2 Å². The molecule has 0 aliphatic rings. The zero-order valence-corrected chi connectivity index (χ0v) is 16.5. The van der Waals surface area contributed by atoms with Crippen LogP contribution in [0, 0.1) is 20.8 Å². The molecule has 2 heterocycles. The summed E-state index contributed by atoms with van der Waals surface area (Å²) in [7, 11) is 0. The number of nitrogens with one attached hydrogen (secondary N) is 1. The van der Waals surface area contributed by atoms with Gasteiger partial charge in [0.15, 0.2) is 0 Å². The van der Waals surface area contributed by atoms with Gasteiger partial charge in [0.05, 0.1) is 4.88 Å². The van der Waals surface area contributed by atoms with Crippen LogP contribution in [0.5, 0.6) is 0 Å². The Balaban J connectivity index is 2.12. The summed E-state index contributed by atoms with van der Waals surface area (Å²) in [6.45, 7) is 16.1. The predicted octanol–water partition coefficient (Wildman–Crippen LogP) is 3.47. The highest BCUT2D eigenvalue weighted by Gasteiger charge is 2.19. The van der Waals surface area contributed by atoms with Crippen molar-refractivity contribution in [2.45, 2.75) is 60.5 Å². The van der Waals surface area contributed by atoms with E-state index in [0.29, 0.717) is 18.6 Å². The molecule has 2 rings (SSSR count). The third-order valence-corrected chi connectivity index (χ3v) is 5.46. The first-order chi connectivity index (χ1) is 11.2. The Morgan fingerprint density at radius 2 is 1.75 bits per heavy atom. The van der Waals surface area contributed by atoms with Crippen LogP contribution in [-0.4, -0.2) is 45.9 Å². The van der Waals surface area contributed by atoms with Crippen molar-refractivity contribution in [2.75, 3.05) is 13.1 Å². The normalized spacial score (nSPS) is 11.9. The van der Waals surface area contributed by atoms with Crippen molar-refractivity contribution in [2.24, 2.45) is 0 Å². The Bertz CT molecular complexity index is 728. The van der Waals surface area contributed by atoms with Crippen LogP contribution in [-0.2, 0) is 0 Å². The molecule has 0 unspecified atom stereocenters. The van der Waals surface area contributed by atoms with Crippen molar-refractivity contribution < 1.29 is 4.79 Å². The fraction of sp³-hybridized carbons (Fsp3) is 0.611. The average Bonchev–Trinajstić information content (AvgIpc) is 2.79. The highest BCUT2D eigenvalue weighted by molar-refractivity contribution is 7.20. The monoisotopic (exact) mass is 348 g/mol. The van der Waals surface area contributed by atoms with Crippen LogP contribution in [0.2, 0.25) is 0 Å². The SMILES string of the molecule is Cc1nc(C)c2c(C)c(C(=O)NCCN(C(C)C)C(C)C)sc2n1. The van der Waals surface area contributed by atoms with Gasteiger partial charge in [-0.2, -0.15) is 0 Å². The van der Waals surface area contributed by atoms with Gasteiger partial charge in [-0.05, 0) is 54.0 Å². The number of hydrogen-bond acceptors (Lipinski definition) is 5. The van der Waals surface area contributed by atoms with Crippen molar-refractivity contribution >= 4 is 27.5 Å². The first-order valence-corrected chi connectivity index (χ1v) is 9.32. The molecule has 0 atom stereocenters. The fourth-order valence-corrected chi connectivity index (χ4v) is 4.38. The first-order valence-electron chi connectivity index (χ1n) is 8.50. The molecular formula is C18H28N4OS. The molecule has 0 spiro atoms. The standard InChI is InChI=1S/C18H28N4OS/c1-10(2)22(11(3)4)9-8-19-17(23)16-12(5)15-13(6)20-14(7)21-18(15)24-16/h10-11H,8-9H2,1-7H3,(H,19,23). The van der Waals surface area contributed by atoms with Crippen LogP contribution < -0.4 is 5.32 Å². The number of aryl methyl sites for hydroxylation is 3. The maximum atomic E-state index is 12.6. The van der Waals surface area contributed by atoms with E-state index >= 15 is 0 Å². The van der Waals surface area contributed by atoms with Gasteiger partial charge in [-0.1, -0.05) is 0 Å². The van der Waals surface area contributed by atoms with E-state index in [2.05, 4.69) is 47.9 Å². The maximum absolute atomic E-state index is 12.6. The van der Waals surface area contributed by atoms with Crippen LogP contribution >= 0.6 is 11.3 Å². The van der Waals surface area contributed by atoms with Gasteiger partial charge in [0.2, 0.25) is 0 Å². The van der Waals surface area contributed by atoms with Gasteiger partial charge in [0.1, 0.15) is 10.7 Å². The van der Waals surface area contributed by atoms with E-state index in [1.54, 1.807) is 0 Å². The van der Waals surface area contributed by atoms with Crippen molar-refractivity contribution in [1.29, 1.82) is 0 Å². The quantitative estimate of drug-likeness (QED) is 0.868. The van der Waals surface area contributed by atoms with E-state index in [9.17, 15) is 4.79 Å². The molecule has 0 fully saturated rings. The number of hydrogen-bond donors (Lipinski definition) is 1. The minimum absolute atomic E-state index is 0.0139. The lowest BCUT2D eigenvalue weighted by Crippen LogP contribution is -2.42. The Morgan fingerprint density at radius 1 is 1.12 bits per heavy atom. The second-order valence-corrected chi connectivity index (χ2v) is 7.77. The molecule has 0 aliphatic carbocycles. The Morgan fingerprint density at radius 3 is 2.33 bits per heavy atom. The van der Waals surface area contributed by atoms with Gasteiger partial charge in [0, 0.05) is 36.3 Å². The van der Waals surface area contributed by atoms with E-state index in [4.69, 9.17) is 0 Å². The minimum Gasteiger partial charge on any atom is -0.350 e. The molecule has 5 nitrogen and oxygen atoms in total. The smallest absolute Gasteiger partial charge is 0.261 e. The number of thiophene rings is 1. The largest absolute Gasteiger partial charge is 0.350 e. The number of carbonyl (C=O) groups excluding carboxylic acids is 1.